The Morgan fingerprint density at radius 3 is 2.78 bits per heavy atom. The van der Waals surface area contributed by atoms with E-state index < -0.39 is 0 Å². The number of hydrogen-bond acceptors (Lipinski definition) is 4. The third-order valence-corrected chi connectivity index (χ3v) is 5.88. The summed E-state index contributed by atoms with van der Waals surface area (Å²) in [4.78, 5) is 29.9. The van der Waals surface area contributed by atoms with Gasteiger partial charge in [-0.05, 0) is 55.9 Å². The Balaban J connectivity index is 1.38. The van der Waals surface area contributed by atoms with E-state index in [0.29, 0.717) is 24.6 Å². The minimum atomic E-state index is -0.148. The van der Waals surface area contributed by atoms with Crippen LogP contribution in [0.4, 0.5) is 0 Å². The first kappa shape index (κ1) is 18.0. The van der Waals surface area contributed by atoms with E-state index in [1.807, 2.05) is 30.5 Å². The lowest BCUT2D eigenvalue weighted by Gasteiger charge is -2.30. The number of ether oxygens (including phenoxy) is 1. The molecule has 2 heterocycles. The van der Waals surface area contributed by atoms with Gasteiger partial charge in [0.2, 0.25) is 0 Å². The molecule has 2 atom stereocenters. The number of aromatic nitrogens is 1. The van der Waals surface area contributed by atoms with E-state index in [0.717, 1.165) is 36.2 Å². The predicted octanol–water partition coefficient (Wildman–Crippen LogP) is 2.70. The number of hydrogen-bond donors (Lipinski definition) is 2. The van der Waals surface area contributed by atoms with Crippen molar-refractivity contribution in [3.05, 3.63) is 36.0 Å². The molecule has 1 amide bonds. The van der Waals surface area contributed by atoms with Gasteiger partial charge >= 0.3 is 5.97 Å². The highest BCUT2D eigenvalue weighted by molar-refractivity contribution is 5.98. The van der Waals surface area contributed by atoms with E-state index in [9.17, 15) is 9.59 Å². The summed E-state index contributed by atoms with van der Waals surface area (Å²) in [5.41, 5.74) is 1.71. The lowest BCUT2D eigenvalue weighted by Crippen LogP contribution is -2.44. The summed E-state index contributed by atoms with van der Waals surface area (Å²) in [6.45, 7) is 1.64. The zero-order valence-electron chi connectivity index (χ0n) is 15.7. The number of aromatic amines is 1. The minimum Gasteiger partial charge on any atom is -0.469 e. The fraction of sp³-hybridized carbons (Fsp3) is 0.524. The van der Waals surface area contributed by atoms with Gasteiger partial charge in [-0.2, -0.15) is 0 Å². The smallest absolute Gasteiger partial charge is 0.307 e. The molecule has 144 valence electrons. The number of carbonyl (C=O) groups is 2. The highest BCUT2D eigenvalue weighted by atomic mass is 16.5. The van der Waals surface area contributed by atoms with Crippen molar-refractivity contribution < 1.29 is 14.3 Å². The van der Waals surface area contributed by atoms with Crippen LogP contribution in [0.25, 0.3) is 10.9 Å². The molecule has 2 N–H and O–H groups in total. The number of nitrogens with one attached hydrogen (secondary N) is 2. The van der Waals surface area contributed by atoms with Crippen molar-refractivity contribution in [1.82, 2.24) is 15.2 Å². The molecule has 1 aliphatic carbocycles. The third-order valence-electron chi connectivity index (χ3n) is 5.88. The van der Waals surface area contributed by atoms with Crippen molar-refractivity contribution in [1.29, 1.82) is 0 Å². The van der Waals surface area contributed by atoms with Crippen LogP contribution in [0.5, 0.6) is 0 Å². The highest BCUT2D eigenvalue weighted by Crippen LogP contribution is 2.35. The van der Waals surface area contributed by atoms with Crippen LogP contribution in [-0.4, -0.2) is 54.0 Å². The average molecular weight is 369 g/mol. The Morgan fingerprint density at radius 2 is 2.00 bits per heavy atom. The Morgan fingerprint density at radius 1 is 1.19 bits per heavy atom. The predicted molar refractivity (Wildman–Crippen MR) is 104 cm³/mol. The second-order valence-corrected chi connectivity index (χ2v) is 7.80. The van der Waals surface area contributed by atoms with Crippen LogP contribution in [0.15, 0.2) is 30.5 Å². The van der Waals surface area contributed by atoms with E-state index >= 15 is 0 Å². The van der Waals surface area contributed by atoms with Gasteiger partial charge in [0.25, 0.3) is 5.91 Å². The Bertz CT molecular complexity index is 827. The third kappa shape index (κ3) is 4.16. The molecule has 1 aromatic carbocycles. The molecule has 0 spiro atoms. The summed E-state index contributed by atoms with van der Waals surface area (Å²) in [6.07, 6.45) is 6.86. The molecule has 4 rings (SSSR count). The topological polar surface area (TPSA) is 74.4 Å². The molecule has 6 heteroatoms. The average Bonchev–Trinajstić information content (AvgIpc) is 3.24. The van der Waals surface area contributed by atoms with E-state index in [1.165, 1.54) is 20.0 Å². The molecule has 27 heavy (non-hydrogen) atoms. The van der Waals surface area contributed by atoms with Crippen LogP contribution in [0.2, 0.25) is 0 Å². The quantitative estimate of drug-likeness (QED) is 0.736. The molecule has 0 radical (unpaired) electrons. The maximum Gasteiger partial charge on any atom is 0.307 e. The summed E-state index contributed by atoms with van der Waals surface area (Å²) in [6, 6.07) is 8.20. The van der Waals surface area contributed by atoms with Gasteiger partial charge in [-0.1, -0.05) is 0 Å². The molecular formula is C21H27N3O3. The summed E-state index contributed by atoms with van der Waals surface area (Å²) in [7, 11) is 1.45. The SMILES string of the molecule is COC(=O)C[C@H]1CC[C@@H](CNC(=O)c2ccc3[nH]ccc3c2)N1CC1CC1. The van der Waals surface area contributed by atoms with Gasteiger partial charge in [0.1, 0.15) is 0 Å². The van der Waals surface area contributed by atoms with E-state index in [4.69, 9.17) is 4.74 Å². The Hall–Kier alpha value is -2.34. The van der Waals surface area contributed by atoms with Crippen LogP contribution in [0, 0.1) is 5.92 Å². The van der Waals surface area contributed by atoms with Gasteiger partial charge in [-0.3, -0.25) is 14.5 Å². The van der Waals surface area contributed by atoms with Gasteiger partial charge in [0, 0.05) is 47.8 Å². The fourth-order valence-corrected chi connectivity index (χ4v) is 4.13. The first-order valence-corrected chi connectivity index (χ1v) is 9.82. The first-order chi connectivity index (χ1) is 13.1. The van der Waals surface area contributed by atoms with E-state index in [1.54, 1.807) is 0 Å². The zero-order valence-corrected chi connectivity index (χ0v) is 15.7. The lowest BCUT2D eigenvalue weighted by atomic mass is 10.1. The first-order valence-electron chi connectivity index (χ1n) is 9.82. The second-order valence-electron chi connectivity index (χ2n) is 7.80. The summed E-state index contributed by atoms with van der Waals surface area (Å²) in [5.74, 6) is 0.559. The van der Waals surface area contributed by atoms with Crippen molar-refractivity contribution in [2.24, 2.45) is 5.92 Å². The molecule has 2 aromatic rings. The number of H-pyrrole nitrogens is 1. The van der Waals surface area contributed by atoms with Crippen molar-refractivity contribution in [2.75, 3.05) is 20.2 Å². The Labute approximate surface area is 159 Å². The molecule has 6 nitrogen and oxygen atoms in total. The summed E-state index contributed by atoms with van der Waals surface area (Å²) < 4.78 is 4.86. The molecule has 1 aromatic heterocycles. The molecule has 0 bridgehead atoms. The molecular weight excluding hydrogens is 342 g/mol. The zero-order chi connectivity index (χ0) is 18.8. The van der Waals surface area contributed by atoms with Crippen LogP contribution in [-0.2, 0) is 9.53 Å². The van der Waals surface area contributed by atoms with Crippen LogP contribution in [0.3, 0.4) is 0 Å². The van der Waals surface area contributed by atoms with Crippen LogP contribution in [0.1, 0.15) is 42.5 Å². The maximum absolute atomic E-state index is 12.6. The highest BCUT2D eigenvalue weighted by Gasteiger charge is 2.38. The van der Waals surface area contributed by atoms with Crippen LogP contribution < -0.4 is 5.32 Å². The van der Waals surface area contributed by atoms with Crippen molar-refractivity contribution in [3.8, 4) is 0 Å². The Kier molecular flexibility index (Phi) is 5.16. The number of likely N-dealkylation sites (tertiary alicyclic amines) is 1. The van der Waals surface area contributed by atoms with Crippen molar-refractivity contribution >= 4 is 22.8 Å². The lowest BCUT2D eigenvalue weighted by molar-refractivity contribution is -0.141. The van der Waals surface area contributed by atoms with E-state index in [2.05, 4.69) is 15.2 Å². The number of carbonyl (C=O) groups excluding carboxylic acids is 2. The number of benzene rings is 1. The molecule has 0 unspecified atom stereocenters. The summed E-state index contributed by atoms with van der Waals surface area (Å²) in [5, 5.41) is 4.14. The van der Waals surface area contributed by atoms with E-state index in [-0.39, 0.29) is 17.9 Å². The minimum absolute atomic E-state index is 0.0408. The van der Waals surface area contributed by atoms with Gasteiger partial charge in [0.15, 0.2) is 0 Å². The molecule has 2 fully saturated rings. The normalized spacial score (nSPS) is 22.9. The van der Waals surface area contributed by atoms with Gasteiger partial charge < -0.3 is 15.0 Å². The molecule has 1 saturated carbocycles. The number of nitrogens with zero attached hydrogens (tertiary/aromatic N) is 1. The largest absolute Gasteiger partial charge is 0.469 e. The number of fused-ring (bicyclic) bond motifs is 1. The van der Waals surface area contributed by atoms with Crippen LogP contribution >= 0.6 is 0 Å². The number of esters is 1. The standard InChI is InChI=1S/C21H27N3O3/c1-27-20(25)11-17-5-6-18(24(17)13-14-2-3-14)12-23-21(26)16-4-7-19-15(10-16)8-9-22-19/h4,7-10,14,17-18,22H,2-3,5-6,11-13H2,1H3,(H,23,26)/t17-,18+/m1/s1. The van der Waals surface area contributed by atoms with Gasteiger partial charge in [-0.25, -0.2) is 0 Å². The fourth-order valence-electron chi connectivity index (χ4n) is 4.13. The maximum atomic E-state index is 12.6. The van der Waals surface area contributed by atoms with Gasteiger partial charge in [-0.15, -0.1) is 0 Å². The van der Waals surface area contributed by atoms with Gasteiger partial charge in [0.05, 0.1) is 13.5 Å². The number of methoxy groups -OCH3 is 1. The molecule has 1 saturated heterocycles. The summed E-state index contributed by atoms with van der Waals surface area (Å²) >= 11 is 0. The number of rotatable bonds is 7. The second kappa shape index (κ2) is 7.72. The van der Waals surface area contributed by atoms with Crippen molar-refractivity contribution in [3.63, 3.8) is 0 Å². The van der Waals surface area contributed by atoms with Crippen molar-refractivity contribution in [2.45, 2.75) is 44.2 Å². The number of amides is 1. The monoisotopic (exact) mass is 369 g/mol. The molecule has 1 aliphatic heterocycles. The molecule has 2 aliphatic rings.